The summed E-state index contributed by atoms with van der Waals surface area (Å²) in [6.45, 7) is 12.8. The standard InChI is InChI=1S/C16H29N5/c1-8-11-12(9-2)19-20-15(13(11)14(17)18)21(7)10(3)16(4,5)6/h10H,8-9H2,1-7H3,(H3,17,18). The van der Waals surface area contributed by atoms with Crippen molar-refractivity contribution in [3.05, 3.63) is 16.8 Å². The predicted molar refractivity (Wildman–Crippen MR) is 89.1 cm³/mol. The molecule has 5 heteroatoms. The van der Waals surface area contributed by atoms with Crippen LogP contribution in [0.2, 0.25) is 0 Å². The first-order valence-corrected chi connectivity index (χ1v) is 7.60. The summed E-state index contributed by atoms with van der Waals surface area (Å²) in [5, 5.41) is 16.7. The molecule has 0 aliphatic carbocycles. The second kappa shape index (κ2) is 6.41. The molecule has 5 nitrogen and oxygen atoms in total. The molecular weight excluding hydrogens is 262 g/mol. The number of aromatic nitrogens is 2. The van der Waals surface area contributed by atoms with Crippen LogP contribution in [0.25, 0.3) is 0 Å². The average molecular weight is 291 g/mol. The van der Waals surface area contributed by atoms with E-state index >= 15 is 0 Å². The maximum absolute atomic E-state index is 7.97. The summed E-state index contributed by atoms with van der Waals surface area (Å²) < 4.78 is 0. The lowest BCUT2D eigenvalue weighted by atomic mass is 9.87. The van der Waals surface area contributed by atoms with Crippen molar-refractivity contribution in [2.75, 3.05) is 11.9 Å². The largest absolute Gasteiger partial charge is 0.384 e. The van der Waals surface area contributed by atoms with Gasteiger partial charge in [-0.05, 0) is 30.7 Å². The first kappa shape index (κ1) is 17.4. The number of hydrogen-bond donors (Lipinski definition) is 2. The van der Waals surface area contributed by atoms with Crippen molar-refractivity contribution >= 4 is 11.7 Å². The monoisotopic (exact) mass is 291 g/mol. The molecule has 3 N–H and O–H groups in total. The summed E-state index contributed by atoms with van der Waals surface area (Å²) in [5.74, 6) is 0.776. The normalized spacial score (nSPS) is 13.1. The Kier molecular flexibility index (Phi) is 5.31. The molecule has 1 unspecified atom stereocenters. The molecule has 0 saturated heterocycles. The van der Waals surface area contributed by atoms with Crippen molar-refractivity contribution in [3.63, 3.8) is 0 Å². The van der Waals surface area contributed by atoms with E-state index in [1.807, 2.05) is 14.0 Å². The van der Waals surface area contributed by atoms with E-state index in [1.54, 1.807) is 0 Å². The molecule has 0 saturated carbocycles. The van der Waals surface area contributed by atoms with Crippen LogP contribution in [0.3, 0.4) is 0 Å². The van der Waals surface area contributed by atoms with E-state index in [0.717, 1.165) is 29.7 Å². The van der Waals surface area contributed by atoms with Crippen molar-refractivity contribution in [3.8, 4) is 0 Å². The van der Waals surface area contributed by atoms with Gasteiger partial charge in [0.15, 0.2) is 5.82 Å². The van der Waals surface area contributed by atoms with E-state index in [0.29, 0.717) is 5.82 Å². The Morgan fingerprint density at radius 2 is 1.81 bits per heavy atom. The van der Waals surface area contributed by atoms with Gasteiger partial charge in [0.05, 0.1) is 11.3 Å². The van der Waals surface area contributed by atoms with E-state index < -0.39 is 0 Å². The molecule has 21 heavy (non-hydrogen) atoms. The first-order valence-electron chi connectivity index (χ1n) is 7.60. The van der Waals surface area contributed by atoms with Crippen LogP contribution in [0, 0.1) is 10.8 Å². The fourth-order valence-electron chi connectivity index (χ4n) is 2.46. The number of hydrogen-bond acceptors (Lipinski definition) is 4. The Labute approximate surface area is 128 Å². The smallest absolute Gasteiger partial charge is 0.162 e. The number of nitrogen functional groups attached to an aromatic ring is 1. The minimum Gasteiger partial charge on any atom is -0.384 e. The summed E-state index contributed by atoms with van der Waals surface area (Å²) in [6, 6.07) is 0.252. The zero-order chi connectivity index (χ0) is 16.4. The topological polar surface area (TPSA) is 78.9 Å². The van der Waals surface area contributed by atoms with Crippen LogP contribution < -0.4 is 10.6 Å². The van der Waals surface area contributed by atoms with Gasteiger partial charge in [-0.3, -0.25) is 5.41 Å². The van der Waals surface area contributed by atoms with Crippen molar-refractivity contribution < 1.29 is 0 Å². The Morgan fingerprint density at radius 3 is 2.19 bits per heavy atom. The van der Waals surface area contributed by atoms with E-state index in [1.165, 1.54) is 0 Å². The van der Waals surface area contributed by atoms with Crippen molar-refractivity contribution in [2.24, 2.45) is 11.1 Å². The molecule has 0 fully saturated rings. The van der Waals surface area contributed by atoms with Gasteiger partial charge in [0.25, 0.3) is 0 Å². The first-order chi connectivity index (χ1) is 9.65. The quantitative estimate of drug-likeness (QED) is 0.646. The SMILES string of the molecule is CCc1nnc(N(C)C(C)C(C)(C)C)c(C(=N)N)c1CC. The fourth-order valence-corrected chi connectivity index (χ4v) is 2.46. The minimum atomic E-state index is 0.0689. The molecule has 1 aromatic rings. The highest BCUT2D eigenvalue weighted by atomic mass is 15.3. The zero-order valence-corrected chi connectivity index (χ0v) is 14.4. The molecule has 0 aliphatic heterocycles. The van der Waals surface area contributed by atoms with E-state index in [4.69, 9.17) is 11.1 Å². The van der Waals surface area contributed by atoms with Crippen molar-refractivity contribution in [1.29, 1.82) is 5.41 Å². The molecule has 1 aromatic heterocycles. The van der Waals surface area contributed by atoms with Gasteiger partial charge < -0.3 is 10.6 Å². The van der Waals surface area contributed by atoms with Crippen LogP contribution in [0.5, 0.6) is 0 Å². The lowest BCUT2D eigenvalue weighted by molar-refractivity contribution is 0.328. The number of aryl methyl sites for hydroxylation is 1. The second-order valence-electron chi connectivity index (χ2n) is 6.60. The third kappa shape index (κ3) is 3.52. The Balaban J connectivity index is 3.46. The van der Waals surface area contributed by atoms with Gasteiger partial charge in [0.1, 0.15) is 5.84 Å². The Hall–Kier alpha value is -1.65. The summed E-state index contributed by atoms with van der Waals surface area (Å²) in [7, 11) is 2.00. The molecule has 118 valence electrons. The maximum atomic E-state index is 7.97. The van der Waals surface area contributed by atoms with Gasteiger partial charge in [-0.2, -0.15) is 5.10 Å². The van der Waals surface area contributed by atoms with Crippen LogP contribution in [0.4, 0.5) is 5.82 Å². The van der Waals surface area contributed by atoms with Gasteiger partial charge in [-0.25, -0.2) is 0 Å². The lowest BCUT2D eigenvalue weighted by Gasteiger charge is -2.37. The molecule has 0 bridgehead atoms. The Morgan fingerprint density at radius 1 is 1.24 bits per heavy atom. The highest BCUT2D eigenvalue weighted by molar-refractivity contribution is 6.01. The van der Waals surface area contributed by atoms with E-state index in [9.17, 15) is 0 Å². The number of amidine groups is 1. The molecule has 0 radical (unpaired) electrons. The number of anilines is 1. The number of nitrogens with two attached hydrogens (primary N) is 1. The summed E-state index contributed by atoms with van der Waals surface area (Å²) in [4.78, 5) is 2.09. The number of nitrogens with one attached hydrogen (secondary N) is 1. The van der Waals surface area contributed by atoms with Crippen molar-refractivity contribution in [2.45, 2.75) is 60.4 Å². The highest BCUT2D eigenvalue weighted by Crippen LogP contribution is 2.30. The van der Waals surface area contributed by atoms with Gasteiger partial charge in [-0.15, -0.1) is 5.10 Å². The van der Waals surface area contributed by atoms with Crippen LogP contribution in [-0.4, -0.2) is 29.1 Å². The zero-order valence-electron chi connectivity index (χ0n) is 14.4. The lowest BCUT2D eigenvalue weighted by Crippen LogP contribution is -2.41. The van der Waals surface area contributed by atoms with Gasteiger partial charge >= 0.3 is 0 Å². The average Bonchev–Trinajstić information content (AvgIpc) is 2.42. The van der Waals surface area contributed by atoms with Gasteiger partial charge in [-0.1, -0.05) is 34.6 Å². The third-order valence-corrected chi connectivity index (χ3v) is 4.27. The molecule has 0 amide bonds. The van der Waals surface area contributed by atoms with Crippen LogP contribution >= 0.6 is 0 Å². The molecule has 0 spiro atoms. The maximum Gasteiger partial charge on any atom is 0.162 e. The van der Waals surface area contributed by atoms with Crippen LogP contribution in [0.15, 0.2) is 0 Å². The Bertz CT molecular complexity index is 516. The van der Waals surface area contributed by atoms with Gasteiger partial charge in [0.2, 0.25) is 0 Å². The third-order valence-electron chi connectivity index (χ3n) is 4.27. The number of nitrogens with zero attached hydrogens (tertiary/aromatic N) is 3. The van der Waals surface area contributed by atoms with E-state index in [-0.39, 0.29) is 17.3 Å². The minimum absolute atomic E-state index is 0.0689. The van der Waals surface area contributed by atoms with E-state index in [2.05, 4.69) is 49.7 Å². The molecule has 1 heterocycles. The molecule has 1 rings (SSSR count). The fraction of sp³-hybridized carbons (Fsp3) is 0.688. The molecule has 1 atom stereocenters. The molecule has 0 aromatic carbocycles. The number of rotatable bonds is 5. The summed E-state index contributed by atoms with van der Waals surface area (Å²) in [6.07, 6.45) is 1.60. The van der Waals surface area contributed by atoms with Crippen molar-refractivity contribution in [1.82, 2.24) is 10.2 Å². The summed E-state index contributed by atoms with van der Waals surface area (Å²) >= 11 is 0. The molecular formula is C16H29N5. The molecule has 0 aliphatic rings. The van der Waals surface area contributed by atoms with Crippen LogP contribution in [0.1, 0.15) is 58.4 Å². The second-order valence-corrected chi connectivity index (χ2v) is 6.60. The highest BCUT2D eigenvalue weighted by Gasteiger charge is 2.28. The van der Waals surface area contributed by atoms with Gasteiger partial charge in [0, 0.05) is 13.1 Å². The summed E-state index contributed by atoms with van der Waals surface area (Å²) in [5.41, 5.74) is 8.66. The predicted octanol–water partition coefficient (Wildman–Crippen LogP) is 2.76. The van der Waals surface area contributed by atoms with Crippen LogP contribution in [-0.2, 0) is 12.8 Å².